The van der Waals surface area contributed by atoms with E-state index in [1.807, 2.05) is 30.3 Å². The Labute approximate surface area is 177 Å². The normalized spacial score (nSPS) is 10.5. The lowest BCUT2D eigenvalue weighted by Gasteiger charge is -2.14. The SMILES string of the molecule is O=C(O)c1cc(NCc2ccccc2OCc2ccc(Cl)c(Cl)c2)ccc1Cl. The van der Waals surface area contributed by atoms with Gasteiger partial charge in [0.25, 0.3) is 0 Å². The lowest BCUT2D eigenvalue weighted by Crippen LogP contribution is -2.05. The Balaban J connectivity index is 1.69. The molecular formula is C21H16Cl3NO3. The van der Waals surface area contributed by atoms with Crippen molar-refractivity contribution < 1.29 is 14.6 Å². The summed E-state index contributed by atoms with van der Waals surface area (Å²) in [6.45, 7) is 0.802. The van der Waals surface area contributed by atoms with Gasteiger partial charge in [-0.15, -0.1) is 0 Å². The Morgan fingerprint density at radius 1 is 0.929 bits per heavy atom. The molecule has 0 fully saturated rings. The van der Waals surface area contributed by atoms with Crippen LogP contribution in [-0.2, 0) is 13.2 Å². The van der Waals surface area contributed by atoms with Gasteiger partial charge in [-0.1, -0.05) is 59.1 Å². The number of hydrogen-bond acceptors (Lipinski definition) is 3. The third kappa shape index (κ3) is 5.10. The van der Waals surface area contributed by atoms with Crippen LogP contribution in [0.4, 0.5) is 5.69 Å². The lowest BCUT2D eigenvalue weighted by atomic mass is 10.1. The number of ether oxygens (including phenoxy) is 1. The number of hydrogen-bond donors (Lipinski definition) is 2. The number of anilines is 1. The first-order chi connectivity index (χ1) is 13.4. The van der Waals surface area contributed by atoms with Gasteiger partial charge in [0.2, 0.25) is 0 Å². The number of para-hydroxylation sites is 1. The quantitative estimate of drug-likeness (QED) is 0.442. The van der Waals surface area contributed by atoms with E-state index in [1.54, 1.807) is 24.3 Å². The molecular weight excluding hydrogens is 421 g/mol. The number of carboxylic acids is 1. The van der Waals surface area contributed by atoms with Crippen molar-refractivity contribution >= 4 is 46.5 Å². The van der Waals surface area contributed by atoms with E-state index in [1.165, 1.54) is 6.07 Å². The minimum atomic E-state index is -1.07. The zero-order valence-corrected chi connectivity index (χ0v) is 16.9. The van der Waals surface area contributed by atoms with Crippen molar-refractivity contribution in [3.05, 3.63) is 92.4 Å². The van der Waals surface area contributed by atoms with Crippen molar-refractivity contribution in [1.29, 1.82) is 0 Å². The Kier molecular flexibility index (Phi) is 6.68. The van der Waals surface area contributed by atoms with Crippen molar-refractivity contribution in [2.75, 3.05) is 5.32 Å². The molecule has 0 spiro atoms. The van der Waals surface area contributed by atoms with Crippen molar-refractivity contribution in [3.8, 4) is 5.75 Å². The fraction of sp³-hybridized carbons (Fsp3) is 0.0952. The Bertz CT molecular complexity index is 1010. The molecule has 0 unspecified atom stereocenters. The van der Waals surface area contributed by atoms with Crippen molar-refractivity contribution in [3.63, 3.8) is 0 Å². The average molecular weight is 437 g/mol. The van der Waals surface area contributed by atoms with Crippen molar-refractivity contribution in [1.82, 2.24) is 0 Å². The molecule has 0 bridgehead atoms. The molecule has 0 amide bonds. The molecule has 0 aliphatic carbocycles. The number of carbonyl (C=O) groups is 1. The number of rotatable bonds is 7. The van der Waals surface area contributed by atoms with Gasteiger partial charge in [0.1, 0.15) is 12.4 Å². The molecule has 144 valence electrons. The molecule has 3 rings (SSSR count). The summed E-state index contributed by atoms with van der Waals surface area (Å²) in [4.78, 5) is 11.2. The van der Waals surface area contributed by atoms with Gasteiger partial charge in [-0.2, -0.15) is 0 Å². The molecule has 0 aliphatic heterocycles. The zero-order valence-electron chi connectivity index (χ0n) is 14.6. The highest BCUT2D eigenvalue weighted by Crippen LogP contribution is 2.26. The Morgan fingerprint density at radius 2 is 1.68 bits per heavy atom. The van der Waals surface area contributed by atoms with Crippen LogP contribution in [0.25, 0.3) is 0 Å². The van der Waals surface area contributed by atoms with Gasteiger partial charge in [-0.25, -0.2) is 4.79 Å². The first kappa shape index (κ1) is 20.3. The predicted octanol–water partition coefficient (Wildman–Crippen LogP) is 6.54. The monoisotopic (exact) mass is 435 g/mol. The number of benzene rings is 3. The summed E-state index contributed by atoms with van der Waals surface area (Å²) >= 11 is 17.9. The summed E-state index contributed by atoms with van der Waals surface area (Å²) in [5.41, 5.74) is 2.53. The Hall–Kier alpha value is -2.40. The van der Waals surface area contributed by atoms with Gasteiger partial charge in [0, 0.05) is 17.8 Å². The fourth-order valence-corrected chi connectivity index (χ4v) is 3.10. The summed E-state index contributed by atoms with van der Waals surface area (Å²) in [5.74, 6) is -0.354. The summed E-state index contributed by atoms with van der Waals surface area (Å²) in [6, 6.07) is 17.8. The second-order valence-electron chi connectivity index (χ2n) is 6.00. The number of halogens is 3. The largest absolute Gasteiger partial charge is 0.489 e. The van der Waals surface area contributed by atoms with Crippen molar-refractivity contribution in [2.45, 2.75) is 13.2 Å². The van der Waals surface area contributed by atoms with Crippen LogP contribution in [0.3, 0.4) is 0 Å². The Morgan fingerprint density at radius 3 is 2.43 bits per heavy atom. The first-order valence-corrected chi connectivity index (χ1v) is 9.49. The van der Waals surface area contributed by atoms with E-state index in [0.717, 1.165) is 11.1 Å². The molecule has 28 heavy (non-hydrogen) atoms. The third-order valence-corrected chi connectivity index (χ3v) is 5.10. The van der Waals surface area contributed by atoms with Crippen LogP contribution in [0.15, 0.2) is 60.7 Å². The van der Waals surface area contributed by atoms with Gasteiger partial charge < -0.3 is 15.2 Å². The molecule has 0 radical (unpaired) electrons. The summed E-state index contributed by atoms with van der Waals surface area (Å²) in [5, 5.41) is 13.6. The van der Waals surface area contributed by atoms with E-state index in [4.69, 9.17) is 39.5 Å². The van der Waals surface area contributed by atoms with E-state index in [9.17, 15) is 9.90 Å². The van der Waals surface area contributed by atoms with Gasteiger partial charge in [-0.05, 0) is 42.0 Å². The van der Waals surface area contributed by atoms with Crippen LogP contribution in [0, 0.1) is 0 Å². The predicted molar refractivity (Wildman–Crippen MR) is 113 cm³/mol. The van der Waals surface area contributed by atoms with Gasteiger partial charge in [0.05, 0.1) is 20.6 Å². The van der Waals surface area contributed by atoms with Crippen LogP contribution in [0.2, 0.25) is 15.1 Å². The fourth-order valence-electron chi connectivity index (χ4n) is 2.58. The van der Waals surface area contributed by atoms with Gasteiger partial charge in [-0.3, -0.25) is 0 Å². The van der Waals surface area contributed by atoms with E-state index < -0.39 is 5.97 Å². The highest BCUT2D eigenvalue weighted by Gasteiger charge is 2.10. The molecule has 0 aliphatic rings. The van der Waals surface area contributed by atoms with Crippen LogP contribution in [-0.4, -0.2) is 11.1 Å². The molecule has 0 saturated heterocycles. The molecule has 0 aromatic heterocycles. The standard InChI is InChI=1S/C21H16Cl3NO3/c22-17-8-6-15(10-16(17)21(26)27)25-11-14-3-1-2-4-20(14)28-12-13-5-7-18(23)19(24)9-13/h1-10,25H,11-12H2,(H,26,27). The summed E-state index contributed by atoms with van der Waals surface area (Å²) < 4.78 is 5.93. The molecule has 4 nitrogen and oxygen atoms in total. The summed E-state index contributed by atoms with van der Waals surface area (Å²) in [6.07, 6.45) is 0. The number of aromatic carboxylic acids is 1. The molecule has 2 N–H and O–H groups in total. The molecule has 3 aromatic rings. The molecule has 3 aromatic carbocycles. The lowest BCUT2D eigenvalue weighted by molar-refractivity contribution is 0.0697. The molecule has 0 saturated carbocycles. The van der Waals surface area contributed by atoms with Crippen LogP contribution in [0.5, 0.6) is 5.75 Å². The maximum absolute atomic E-state index is 11.2. The van der Waals surface area contributed by atoms with E-state index in [-0.39, 0.29) is 10.6 Å². The number of carboxylic acid groups (broad SMARTS) is 1. The topological polar surface area (TPSA) is 58.6 Å². The van der Waals surface area contributed by atoms with Gasteiger partial charge >= 0.3 is 5.97 Å². The number of nitrogens with one attached hydrogen (secondary N) is 1. The van der Waals surface area contributed by atoms with Crippen LogP contribution in [0.1, 0.15) is 21.5 Å². The maximum Gasteiger partial charge on any atom is 0.337 e. The molecule has 0 atom stereocenters. The average Bonchev–Trinajstić information content (AvgIpc) is 2.68. The minimum Gasteiger partial charge on any atom is -0.489 e. The van der Waals surface area contributed by atoms with E-state index in [0.29, 0.717) is 34.6 Å². The first-order valence-electron chi connectivity index (χ1n) is 8.35. The third-order valence-electron chi connectivity index (χ3n) is 4.03. The van der Waals surface area contributed by atoms with Gasteiger partial charge in [0.15, 0.2) is 0 Å². The molecule has 0 heterocycles. The maximum atomic E-state index is 11.2. The smallest absolute Gasteiger partial charge is 0.337 e. The molecule has 7 heteroatoms. The van der Waals surface area contributed by atoms with Crippen LogP contribution >= 0.6 is 34.8 Å². The second kappa shape index (κ2) is 9.20. The summed E-state index contributed by atoms with van der Waals surface area (Å²) in [7, 11) is 0. The second-order valence-corrected chi connectivity index (χ2v) is 7.22. The van der Waals surface area contributed by atoms with Crippen LogP contribution < -0.4 is 10.1 Å². The highest BCUT2D eigenvalue weighted by atomic mass is 35.5. The zero-order chi connectivity index (χ0) is 20.1. The highest BCUT2D eigenvalue weighted by molar-refractivity contribution is 6.42. The van der Waals surface area contributed by atoms with E-state index in [2.05, 4.69) is 5.32 Å². The van der Waals surface area contributed by atoms with E-state index >= 15 is 0 Å². The minimum absolute atomic E-state index is 0.0517. The van der Waals surface area contributed by atoms with Crippen molar-refractivity contribution in [2.24, 2.45) is 0 Å².